The molecule has 0 rings (SSSR count). The Balaban J connectivity index is 3.54. The van der Waals surface area contributed by atoms with Crippen LogP contribution in [-0.2, 0) is 38.7 Å². The lowest BCUT2D eigenvalue weighted by atomic mass is 10.2. The van der Waals surface area contributed by atoms with Gasteiger partial charge in [0.25, 0.3) is 10.1 Å². The number of carbonyl (C=O) groups is 3. The summed E-state index contributed by atoms with van der Waals surface area (Å²) < 4.78 is 46.1. The summed E-state index contributed by atoms with van der Waals surface area (Å²) in [6, 6.07) is -0.522. The molecule has 0 bridgehead atoms. The Morgan fingerprint density at radius 3 is 2.12 bits per heavy atom. The average Bonchev–Trinajstić information content (AvgIpc) is 2.74. The molecule has 3 amide bonds. The van der Waals surface area contributed by atoms with E-state index in [0.717, 1.165) is 0 Å². The Bertz CT molecular complexity index is 677. The molecule has 0 aromatic heterocycles. The second-order valence-corrected chi connectivity index (χ2v) is 8.37. The number of rotatable bonds is 20. The van der Waals surface area contributed by atoms with E-state index in [0.29, 0.717) is 5.06 Å². The molecule has 0 saturated carbocycles. The van der Waals surface area contributed by atoms with E-state index < -0.39 is 27.8 Å². The van der Waals surface area contributed by atoms with Gasteiger partial charge in [0, 0.05) is 39.0 Å². The number of ether oxygens (including phenoxy) is 3. The van der Waals surface area contributed by atoms with Gasteiger partial charge in [-0.15, -0.1) is 0 Å². The van der Waals surface area contributed by atoms with Crippen molar-refractivity contribution >= 4 is 27.8 Å². The van der Waals surface area contributed by atoms with Crippen molar-refractivity contribution in [2.24, 2.45) is 0 Å². The molecule has 0 aliphatic rings. The van der Waals surface area contributed by atoms with Gasteiger partial charge in [-0.25, -0.2) is 0 Å². The molecular formula is C18H35N4O10S-. The molecule has 0 heterocycles. The van der Waals surface area contributed by atoms with Crippen molar-refractivity contribution < 1.29 is 41.6 Å². The van der Waals surface area contributed by atoms with E-state index in [9.17, 15) is 28.0 Å². The van der Waals surface area contributed by atoms with Crippen molar-refractivity contribution in [3.05, 3.63) is 5.21 Å². The largest absolute Gasteiger partial charge is 0.756 e. The monoisotopic (exact) mass is 499 g/mol. The van der Waals surface area contributed by atoms with Gasteiger partial charge in [-0.2, -0.15) is 8.42 Å². The predicted octanol–water partition coefficient (Wildman–Crippen LogP) is -2.13. The van der Waals surface area contributed by atoms with Gasteiger partial charge in [0.1, 0.15) is 6.61 Å². The molecule has 14 nitrogen and oxygen atoms in total. The SMILES string of the molecule is CNC(CCC(=O)NCCOCCOCC(=O)NCCOCCN([O-])C(C)=O)CS(=O)(=O)O. The Kier molecular flexibility index (Phi) is 17.5. The summed E-state index contributed by atoms with van der Waals surface area (Å²) in [5.74, 6) is -1.66. The first-order valence-electron chi connectivity index (χ1n) is 10.4. The maximum Gasteiger partial charge on any atom is 0.266 e. The highest BCUT2D eigenvalue weighted by molar-refractivity contribution is 7.85. The molecule has 33 heavy (non-hydrogen) atoms. The van der Waals surface area contributed by atoms with Gasteiger partial charge < -0.3 is 40.4 Å². The summed E-state index contributed by atoms with van der Waals surface area (Å²) in [6.45, 7) is 2.37. The quantitative estimate of drug-likeness (QED) is 0.0811. The summed E-state index contributed by atoms with van der Waals surface area (Å²) in [5.41, 5.74) is 0. The van der Waals surface area contributed by atoms with Crippen molar-refractivity contribution in [3.8, 4) is 0 Å². The van der Waals surface area contributed by atoms with Gasteiger partial charge >= 0.3 is 0 Å². The van der Waals surface area contributed by atoms with Crippen LogP contribution in [-0.4, -0.2) is 114 Å². The van der Waals surface area contributed by atoms with E-state index in [2.05, 4.69) is 16.0 Å². The maximum atomic E-state index is 11.7. The minimum absolute atomic E-state index is 0.0655. The molecule has 0 aromatic rings. The van der Waals surface area contributed by atoms with Crippen LogP contribution in [0.3, 0.4) is 0 Å². The van der Waals surface area contributed by atoms with E-state index in [1.54, 1.807) is 7.05 Å². The first kappa shape index (κ1) is 31.1. The fraction of sp³-hybridized carbons (Fsp3) is 0.833. The maximum absolute atomic E-state index is 11.7. The zero-order valence-corrected chi connectivity index (χ0v) is 19.9. The topological polar surface area (TPSA) is 196 Å². The summed E-state index contributed by atoms with van der Waals surface area (Å²) in [5, 5.41) is 19.2. The summed E-state index contributed by atoms with van der Waals surface area (Å²) >= 11 is 0. The molecule has 1 unspecified atom stereocenters. The first-order valence-corrected chi connectivity index (χ1v) is 12.0. The predicted molar refractivity (Wildman–Crippen MR) is 118 cm³/mol. The van der Waals surface area contributed by atoms with Gasteiger partial charge in [-0.05, 0) is 13.5 Å². The summed E-state index contributed by atoms with van der Waals surface area (Å²) in [4.78, 5) is 34.0. The molecule has 0 radical (unpaired) electrons. The Labute approximate surface area is 194 Å². The highest BCUT2D eigenvalue weighted by Gasteiger charge is 2.16. The normalized spacial score (nSPS) is 12.2. The van der Waals surface area contributed by atoms with Crippen LogP contribution < -0.4 is 16.0 Å². The molecule has 0 aromatic carbocycles. The second kappa shape index (κ2) is 18.5. The van der Waals surface area contributed by atoms with Crippen LogP contribution in [0.5, 0.6) is 0 Å². The zero-order chi connectivity index (χ0) is 25.1. The Morgan fingerprint density at radius 2 is 1.55 bits per heavy atom. The number of nitrogens with zero attached hydrogens (tertiary/aromatic N) is 1. The second-order valence-electron chi connectivity index (χ2n) is 6.87. The molecule has 0 spiro atoms. The first-order chi connectivity index (χ1) is 15.5. The van der Waals surface area contributed by atoms with E-state index in [1.807, 2.05) is 0 Å². The van der Waals surface area contributed by atoms with E-state index >= 15 is 0 Å². The van der Waals surface area contributed by atoms with Crippen molar-refractivity contribution in [1.82, 2.24) is 21.0 Å². The number of nitrogens with one attached hydrogen (secondary N) is 3. The summed E-state index contributed by atoms with van der Waals surface area (Å²) in [7, 11) is -2.56. The minimum atomic E-state index is -4.11. The summed E-state index contributed by atoms with van der Waals surface area (Å²) in [6.07, 6.45) is 0.351. The van der Waals surface area contributed by atoms with Gasteiger partial charge in [-0.1, -0.05) is 0 Å². The van der Waals surface area contributed by atoms with E-state index in [-0.39, 0.29) is 83.9 Å². The third-order valence-corrected chi connectivity index (χ3v) is 4.90. The highest BCUT2D eigenvalue weighted by Crippen LogP contribution is 2.00. The standard InChI is InChI=1S/C18H35N4O10S/c1-15(23)22(26)7-10-30-8-6-21-18(25)13-32-12-11-31-9-5-20-17(24)4-3-16(19-2)14-33(27,28)29/h16,19H,3-14H2,1-2H3,(H,20,24)(H,21,25)(H,27,28,29)/q-1. The lowest BCUT2D eigenvalue weighted by Crippen LogP contribution is -2.35. The van der Waals surface area contributed by atoms with Crippen LogP contribution in [0.15, 0.2) is 0 Å². The van der Waals surface area contributed by atoms with Crippen LogP contribution in [0, 0.1) is 5.21 Å². The molecule has 1 atom stereocenters. The fourth-order valence-corrected chi connectivity index (χ4v) is 3.17. The number of carbonyl (C=O) groups excluding carboxylic acids is 3. The van der Waals surface area contributed by atoms with Crippen LogP contribution in [0.1, 0.15) is 19.8 Å². The highest BCUT2D eigenvalue weighted by atomic mass is 32.2. The van der Waals surface area contributed by atoms with Crippen molar-refractivity contribution in [2.45, 2.75) is 25.8 Å². The lowest BCUT2D eigenvalue weighted by Gasteiger charge is -2.26. The number of amides is 3. The zero-order valence-electron chi connectivity index (χ0n) is 19.0. The Hall–Kier alpha value is -1.88. The van der Waals surface area contributed by atoms with Crippen LogP contribution in [0.4, 0.5) is 0 Å². The molecule has 15 heteroatoms. The Morgan fingerprint density at radius 1 is 0.970 bits per heavy atom. The number of hydrogen-bond acceptors (Lipinski definition) is 10. The molecule has 0 aliphatic carbocycles. The molecule has 0 fully saturated rings. The van der Waals surface area contributed by atoms with Gasteiger partial charge in [0.2, 0.25) is 17.7 Å². The molecule has 0 saturated heterocycles. The minimum Gasteiger partial charge on any atom is -0.756 e. The van der Waals surface area contributed by atoms with Gasteiger partial charge in [0.05, 0.1) is 38.8 Å². The third kappa shape index (κ3) is 20.5. The van der Waals surface area contributed by atoms with Crippen molar-refractivity contribution in [3.63, 3.8) is 0 Å². The molecule has 0 aliphatic heterocycles. The van der Waals surface area contributed by atoms with E-state index in [4.69, 9.17) is 18.8 Å². The average molecular weight is 500 g/mol. The van der Waals surface area contributed by atoms with Crippen LogP contribution >= 0.6 is 0 Å². The van der Waals surface area contributed by atoms with E-state index in [1.165, 1.54) is 6.92 Å². The molecule has 194 valence electrons. The lowest BCUT2D eigenvalue weighted by molar-refractivity contribution is -0.127. The third-order valence-electron chi connectivity index (χ3n) is 4.07. The number of hydrogen-bond donors (Lipinski definition) is 4. The van der Waals surface area contributed by atoms with Gasteiger partial charge in [-0.3, -0.25) is 18.9 Å². The van der Waals surface area contributed by atoms with Crippen LogP contribution in [0.25, 0.3) is 0 Å². The molecule has 4 N–H and O–H groups in total. The fourth-order valence-electron chi connectivity index (χ4n) is 2.33. The van der Waals surface area contributed by atoms with Gasteiger partial charge in [0.15, 0.2) is 0 Å². The molecular weight excluding hydrogens is 464 g/mol. The number of hydroxylamine groups is 2. The van der Waals surface area contributed by atoms with Crippen LogP contribution in [0.2, 0.25) is 0 Å². The van der Waals surface area contributed by atoms with Crippen molar-refractivity contribution in [1.29, 1.82) is 0 Å². The van der Waals surface area contributed by atoms with Crippen molar-refractivity contribution in [2.75, 3.05) is 72.1 Å². The smallest absolute Gasteiger partial charge is 0.266 e.